The van der Waals surface area contributed by atoms with E-state index in [1.807, 2.05) is 4.90 Å². The van der Waals surface area contributed by atoms with Crippen molar-refractivity contribution < 1.29 is 19.1 Å². The Hall–Kier alpha value is -2.15. The summed E-state index contributed by atoms with van der Waals surface area (Å²) in [6.07, 6.45) is 0. The fraction of sp³-hybridized carbons (Fsp3) is 0.556. The van der Waals surface area contributed by atoms with Crippen LogP contribution in [0.15, 0.2) is 18.2 Å². The fourth-order valence-corrected chi connectivity index (χ4v) is 2.95. The van der Waals surface area contributed by atoms with Crippen LogP contribution in [0.25, 0.3) is 0 Å². The summed E-state index contributed by atoms with van der Waals surface area (Å²) in [7, 11) is 0. The Kier molecular flexibility index (Phi) is 6.36. The van der Waals surface area contributed by atoms with E-state index < -0.39 is 23.7 Å². The first-order valence-corrected chi connectivity index (χ1v) is 8.64. The molecule has 1 aliphatic heterocycles. The number of rotatable bonds is 6. The van der Waals surface area contributed by atoms with Gasteiger partial charge in [0.25, 0.3) is 5.91 Å². The van der Waals surface area contributed by atoms with Gasteiger partial charge in [0.05, 0.1) is 5.69 Å². The van der Waals surface area contributed by atoms with Gasteiger partial charge in [0.2, 0.25) is 0 Å². The summed E-state index contributed by atoms with van der Waals surface area (Å²) >= 11 is 0. The van der Waals surface area contributed by atoms with Gasteiger partial charge in [0.15, 0.2) is 0 Å². The predicted octanol–water partition coefficient (Wildman–Crippen LogP) is 1.81. The lowest BCUT2D eigenvalue weighted by Crippen LogP contribution is -2.46. The first-order valence-electron chi connectivity index (χ1n) is 8.64. The van der Waals surface area contributed by atoms with E-state index in [1.165, 1.54) is 6.07 Å². The van der Waals surface area contributed by atoms with Crippen LogP contribution >= 0.6 is 0 Å². The van der Waals surface area contributed by atoms with Crippen LogP contribution in [0.4, 0.5) is 10.1 Å². The molecule has 1 amide bonds. The van der Waals surface area contributed by atoms with Gasteiger partial charge >= 0.3 is 5.97 Å². The maximum atomic E-state index is 14.5. The number of carboxylic acids is 1. The smallest absolute Gasteiger partial charge is 0.326 e. The Morgan fingerprint density at radius 2 is 1.88 bits per heavy atom. The number of nitrogens with zero attached hydrogens (tertiary/aromatic N) is 2. The molecule has 25 heavy (non-hydrogen) atoms. The SMILES string of the molecule is CCN1CCN(c2ccc(C(=O)N[C@H](C(=O)O)C(C)C)cc2F)CC1. The molecular formula is C18H26FN3O3. The van der Waals surface area contributed by atoms with Crippen molar-refractivity contribution in [3.63, 3.8) is 0 Å². The number of hydrogen-bond acceptors (Lipinski definition) is 4. The minimum absolute atomic E-state index is 0.125. The van der Waals surface area contributed by atoms with Crippen molar-refractivity contribution in [2.75, 3.05) is 37.6 Å². The average molecular weight is 351 g/mol. The van der Waals surface area contributed by atoms with Gasteiger partial charge < -0.3 is 20.2 Å². The molecule has 7 heteroatoms. The van der Waals surface area contributed by atoms with Gasteiger partial charge in [-0.2, -0.15) is 0 Å². The lowest BCUT2D eigenvalue weighted by Gasteiger charge is -2.35. The number of aliphatic carboxylic acids is 1. The summed E-state index contributed by atoms with van der Waals surface area (Å²) < 4.78 is 14.5. The van der Waals surface area contributed by atoms with E-state index in [2.05, 4.69) is 17.1 Å². The topological polar surface area (TPSA) is 72.9 Å². The van der Waals surface area contributed by atoms with Crippen molar-refractivity contribution in [3.05, 3.63) is 29.6 Å². The molecule has 1 aromatic carbocycles. The molecule has 2 N–H and O–H groups in total. The molecule has 0 aliphatic carbocycles. The Morgan fingerprint density at radius 3 is 2.36 bits per heavy atom. The highest BCUT2D eigenvalue weighted by Crippen LogP contribution is 2.22. The van der Waals surface area contributed by atoms with Gasteiger partial charge in [-0.15, -0.1) is 0 Å². The Balaban J connectivity index is 2.08. The monoisotopic (exact) mass is 351 g/mol. The number of halogens is 1. The summed E-state index contributed by atoms with van der Waals surface area (Å²) in [4.78, 5) is 27.7. The molecule has 2 rings (SSSR count). The predicted molar refractivity (Wildman–Crippen MR) is 94.5 cm³/mol. The molecule has 1 heterocycles. The normalized spacial score (nSPS) is 16.8. The lowest BCUT2D eigenvalue weighted by molar-refractivity contribution is -0.140. The molecule has 1 aliphatic rings. The van der Waals surface area contributed by atoms with Crippen LogP contribution in [-0.4, -0.2) is 60.6 Å². The summed E-state index contributed by atoms with van der Waals surface area (Å²) in [5, 5.41) is 11.6. The number of carbonyl (C=O) groups is 2. The molecule has 0 aromatic heterocycles. The summed E-state index contributed by atoms with van der Waals surface area (Å²) in [6.45, 7) is 9.74. The second kappa shape index (κ2) is 8.29. The second-order valence-electron chi connectivity index (χ2n) is 6.62. The standard InChI is InChI=1S/C18H26FN3O3/c1-4-21-7-9-22(10-8-21)15-6-5-13(11-14(15)19)17(23)20-16(12(2)3)18(24)25/h5-6,11-12,16H,4,7-10H2,1-3H3,(H,20,23)(H,24,25)/t16-/m0/s1. The third-order valence-electron chi connectivity index (χ3n) is 4.59. The number of hydrogen-bond donors (Lipinski definition) is 2. The molecule has 0 spiro atoms. The van der Waals surface area contributed by atoms with Crippen LogP contribution in [0.2, 0.25) is 0 Å². The van der Waals surface area contributed by atoms with Gasteiger partial charge in [-0.1, -0.05) is 20.8 Å². The zero-order chi connectivity index (χ0) is 18.6. The molecule has 0 saturated carbocycles. The van der Waals surface area contributed by atoms with Crippen molar-refractivity contribution >= 4 is 17.6 Å². The lowest BCUT2D eigenvalue weighted by atomic mass is 10.0. The fourth-order valence-electron chi connectivity index (χ4n) is 2.95. The van der Waals surface area contributed by atoms with E-state index in [0.717, 1.165) is 32.7 Å². The van der Waals surface area contributed by atoms with Crippen LogP contribution < -0.4 is 10.2 Å². The number of carbonyl (C=O) groups excluding carboxylic acids is 1. The molecule has 0 radical (unpaired) electrons. The summed E-state index contributed by atoms with van der Waals surface area (Å²) in [5.41, 5.74) is 0.603. The number of likely N-dealkylation sites (N-methyl/N-ethyl adjacent to an activating group) is 1. The highest BCUT2D eigenvalue weighted by molar-refractivity contribution is 5.97. The van der Waals surface area contributed by atoms with Crippen LogP contribution in [0.5, 0.6) is 0 Å². The number of anilines is 1. The molecule has 0 unspecified atom stereocenters. The highest BCUT2D eigenvalue weighted by atomic mass is 19.1. The van der Waals surface area contributed by atoms with E-state index in [0.29, 0.717) is 5.69 Å². The van der Waals surface area contributed by atoms with Crippen LogP contribution in [-0.2, 0) is 4.79 Å². The maximum Gasteiger partial charge on any atom is 0.326 e. The van der Waals surface area contributed by atoms with Crippen molar-refractivity contribution in [1.29, 1.82) is 0 Å². The van der Waals surface area contributed by atoms with Crippen LogP contribution in [0.3, 0.4) is 0 Å². The first-order chi connectivity index (χ1) is 11.8. The quantitative estimate of drug-likeness (QED) is 0.818. The third kappa shape index (κ3) is 4.69. The van der Waals surface area contributed by atoms with E-state index >= 15 is 0 Å². The molecule has 6 nitrogen and oxygen atoms in total. The zero-order valence-electron chi connectivity index (χ0n) is 15.0. The van der Waals surface area contributed by atoms with Crippen molar-refractivity contribution in [2.24, 2.45) is 5.92 Å². The number of amides is 1. The molecule has 1 saturated heterocycles. The van der Waals surface area contributed by atoms with Gasteiger partial charge in [-0.3, -0.25) is 4.79 Å². The van der Waals surface area contributed by atoms with Gasteiger partial charge in [0.1, 0.15) is 11.9 Å². The van der Waals surface area contributed by atoms with Gasteiger partial charge in [-0.05, 0) is 30.7 Å². The average Bonchev–Trinajstić information content (AvgIpc) is 2.59. The first kappa shape index (κ1) is 19.2. The molecule has 0 bridgehead atoms. The van der Waals surface area contributed by atoms with E-state index in [-0.39, 0.29) is 11.5 Å². The van der Waals surface area contributed by atoms with Crippen LogP contribution in [0.1, 0.15) is 31.1 Å². The number of carboxylic acid groups (broad SMARTS) is 1. The number of piperazine rings is 1. The largest absolute Gasteiger partial charge is 0.480 e. The Labute approximate surface area is 147 Å². The molecule has 1 aromatic rings. The Morgan fingerprint density at radius 1 is 1.24 bits per heavy atom. The molecule has 1 fully saturated rings. The highest BCUT2D eigenvalue weighted by Gasteiger charge is 2.25. The number of nitrogens with one attached hydrogen (secondary N) is 1. The summed E-state index contributed by atoms with van der Waals surface area (Å²) in [5.74, 6) is -2.41. The molecule has 1 atom stereocenters. The number of benzene rings is 1. The Bertz CT molecular complexity index is 628. The minimum Gasteiger partial charge on any atom is -0.480 e. The van der Waals surface area contributed by atoms with E-state index in [4.69, 9.17) is 5.11 Å². The van der Waals surface area contributed by atoms with Crippen molar-refractivity contribution in [1.82, 2.24) is 10.2 Å². The van der Waals surface area contributed by atoms with E-state index in [1.54, 1.807) is 26.0 Å². The second-order valence-corrected chi connectivity index (χ2v) is 6.62. The minimum atomic E-state index is -1.10. The van der Waals surface area contributed by atoms with Crippen LogP contribution in [0, 0.1) is 11.7 Å². The maximum absolute atomic E-state index is 14.5. The third-order valence-corrected chi connectivity index (χ3v) is 4.59. The van der Waals surface area contributed by atoms with E-state index in [9.17, 15) is 14.0 Å². The molecule has 138 valence electrons. The zero-order valence-corrected chi connectivity index (χ0v) is 15.0. The van der Waals surface area contributed by atoms with Gasteiger partial charge in [0, 0.05) is 31.7 Å². The van der Waals surface area contributed by atoms with Crippen molar-refractivity contribution in [2.45, 2.75) is 26.8 Å². The summed E-state index contributed by atoms with van der Waals surface area (Å²) in [6, 6.07) is 3.31. The molecular weight excluding hydrogens is 325 g/mol. The van der Waals surface area contributed by atoms with Crippen molar-refractivity contribution in [3.8, 4) is 0 Å². The van der Waals surface area contributed by atoms with Gasteiger partial charge in [-0.25, -0.2) is 9.18 Å².